The molecule has 0 spiro atoms. The van der Waals surface area contributed by atoms with E-state index < -0.39 is 0 Å². The lowest BCUT2D eigenvalue weighted by Crippen LogP contribution is -1.82. The van der Waals surface area contributed by atoms with Gasteiger partial charge < -0.3 is 4.98 Å². The number of halogens is 1. The van der Waals surface area contributed by atoms with Crippen LogP contribution >= 0.6 is 22.9 Å². The zero-order valence-corrected chi connectivity index (χ0v) is 12.1. The summed E-state index contributed by atoms with van der Waals surface area (Å²) in [6.07, 6.45) is 3.35. The van der Waals surface area contributed by atoms with E-state index in [9.17, 15) is 5.26 Å². The van der Waals surface area contributed by atoms with E-state index in [2.05, 4.69) is 21.0 Å². The first kappa shape index (κ1) is 12.9. The Kier molecular flexibility index (Phi) is 3.26. The van der Waals surface area contributed by atoms with Crippen LogP contribution in [0.3, 0.4) is 0 Å². The first-order valence-corrected chi connectivity index (χ1v) is 7.05. The van der Waals surface area contributed by atoms with Crippen LogP contribution in [0.15, 0.2) is 24.5 Å². The molecule has 0 atom stereocenters. The third-order valence-corrected chi connectivity index (χ3v) is 4.16. The van der Waals surface area contributed by atoms with Gasteiger partial charge in [0, 0.05) is 10.7 Å². The molecule has 6 heteroatoms. The van der Waals surface area contributed by atoms with E-state index in [0.29, 0.717) is 15.6 Å². The van der Waals surface area contributed by atoms with Crippen molar-refractivity contribution in [1.82, 2.24) is 15.0 Å². The molecule has 0 radical (unpaired) electrons. The highest BCUT2D eigenvalue weighted by Crippen LogP contribution is 2.29. The molecule has 0 bridgehead atoms. The van der Waals surface area contributed by atoms with Crippen LogP contribution in [0.4, 0.5) is 0 Å². The second kappa shape index (κ2) is 5.08. The van der Waals surface area contributed by atoms with Crippen LogP contribution < -0.4 is 0 Å². The van der Waals surface area contributed by atoms with Gasteiger partial charge in [-0.2, -0.15) is 5.26 Å². The fraction of sp³-hybridized carbons (Fsp3) is 0.0714. The summed E-state index contributed by atoms with van der Waals surface area (Å²) in [7, 11) is 0. The van der Waals surface area contributed by atoms with Crippen molar-refractivity contribution in [3.63, 3.8) is 0 Å². The van der Waals surface area contributed by atoms with E-state index in [0.717, 1.165) is 21.6 Å². The van der Waals surface area contributed by atoms with Crippen molar-refractivity contribution < 1.29 is 0 Å². The number of hydrogen-bond acceptors (Lipinski definition) is 4. The first-order chi connectivity index (χ1) is 9.67. The Morgan fingerprint density at radius 1 is 1.50 bits per heavy atom. The maximum atomic E-state index is 9.33. The molecule has 0 aliphatic carbocycles. The molecule has 0 aliphatic heterocycles. The molecule has 20 heavy (non-hydrogen) atoms. The largest absolute Gasteiger partial charge is 0.348 e. The minimum atomic E-state index is 0.498. The van der Waals surface area contributed by atoms with Crippen molar-refractivity contribution in [1.29, 1.82) is 5.26 Å². The first-order valence-electron chi connectivity index (χ1n) is 5.85. The van der Waals surface area contributed by atoms with Gasteiger partial charge in [0.2, 0.25) is 0 Å². The molecule has 3 rings (SSSR count). The van der Waals surface area contributed by atoms with E-state index >= 15 is 0 Å². The normalized spacial score (nSPS) is 11.8. The van der Waals surface area contributed by atoms with Crippen LogP contribution in [0.25, 0.3) is 21.9 Å². The summed E-state index contributed by atoms with van der Waals surface area (Å²) < 4.78 is 1.00. The molecule has 0 aliphatic rings. The second-order valence-electron chi connectivity index (χ2n) is 4.21. The quantitative estimate of drug-likeness (QED) is 0.726. The number of aryl methyl sites for hydroxylation is 1. The van der Waals surface area contributed by atoms with Crippen LogP contribution in [-0.4, -0.2) is 15.0 Å². The maximum Gasteiger partial charge on any atom is 0.135 e. The van der Waals surface area contributed by atoms with Gasteiger partial charge in [-0.1, -0.05) is 11.6 Å². The monoisotopic (exact) mass is 300 g/mol. The Hall–Kier alpha value is -2.16. The number of nitrogens with one attached hydrogen (secondary N) is 1. The van der Waals surface area contributed by atoms with Gasteiger partial charge in [-0.05, 0) is 31.2 Å². The van der Waals surface area contributed by atoms with Gasteiger partial charge in [0.15, 0.2) is 0 Å². The minimum absolute atomic E-state index is 0.498. The van der Waals surface area contributed by atoms with Gasteiger partial charge in [0.1, 0.15) is 11.1 Å². The summed E-state index contributed by atoms with van der Waals surface area (Å²) in [6, 6.07) is 7.71. The SMILES string of the molecule is Cc1[nH]cnc1/C=C(\C#N)c1nc2cc(Cl)ccc2s1. The molecule has 4 nitrogen and oxygen atoms in total. The van der Waals surface area contributed by atoms with Crippen molar-refractivity contribution in [2.45, 2.75) is 6.92 Å². The topological polar surface area (TPSA) is 65.4 Å². The average Bonchev–Trinajstić information content (AvgIpc) is 3.01. The number of benzene rings is 1. The van der Waals surface area contributed by atoms with Gasteiger partial charge in [-0.25, -0.2) is 9.97 Å². The van der Waals surface area contributed by atoms with Crippen molar-refractivity contribution in [2.24, 2.45) is 0 Å². The zero-order valence-electron chi connectivity index (χ0n) is 10.5. The van der Waals surface area contributed by atoms with Gasteiger partial charge in [0.05, 0.1) is 27.8 Å². The molecular weight excluding hydrogens is 292 g/mol. The number of thiazole rings is 1. The fourth-order valence-corrected chi connectivity index (χ4v) is 2.89. The number of nitrogens with zero attached hydrogens (tertiary/aromatic N) is 3. The Labute approximate surface area is 124 Å². The number of fused-ring (bicyclic) bond motifs is 1. The highest BCUT2D eigenvalue weighted by molar-refractivity contribution is 7.19. The van der Waals surface area contributed by atoms with Crippen molar-refractivity contribution in [3.05, 3.63) is 45.9 Å². The van der Waals surface area contributed by atoms with Crippen molar-refractivity contribution >= 4 is 44.8 Å². The van der Waals surface area contributed by atoms with Gasteiger partial charge in [-0.3, -0.25) is 0 Å². The van der Waals surface area contributed by atoms with Gasteiger partial charge in [-0.15, -0.1) is 11.3 Å². The number of aromatic nitrogens is 3. The second-order valence-corrected chi connectivity index (χ2v) is 5.68. The molecule has 0 unspecified atom stereocenters. The van der Waals surface area contributed by atoms with Crippen LogP contribution in [0.1, 0.15) is 16.4 Å². The number of H-pyrrole nitrogens is 1. The Balaban J connectivity index is 2.10. The van der Waals surface area contributed by atoms with E-state index in [1.807, 2.05) is 19.1 Å². The number of rotatable bonds is 2. The number of allylic oxidation sites excluding steroid dienone is 1. The highest BCUT2D eigenvalue weighted by atomic mass is 35.5. The predicted molar refractivity (Wildman–Crippen MR) is 81.4 cm³/mol. The smallest absolute Gasteiger partial charge is 0.135 e. The van der Waals surface area contributed by atoms with Crippen molar-refractivity contribution in [2.75, 3.05) is 0 Å². The Morgan fingerprint density at radius 2 is 2.35 bits per heavy atom. The average molecular weight is 301 g/mol. The van der Waals surface area contributed by atoms with Crippen molar-refractivity contribution in [3.8, 4) is 6.07 Å². The molecule has 98 valence electrons. The van der Waals surface area contributed by atoms with Crippen LogP contribution in [0.5, 0.6) is 0 Å². The third-order valence-electron chi connectivity index (χ3n) is 2.85. The maximum absolute atomic E-state index is 9.33. The molecule has 1 N–H and O–H groups in total. The number of aromatic amines is 1. The number of hydrogen-bond donors (Lipinski definition) is 1. The van der Waals surface area contributed by atoms with Gasteiger partial charge in [0.25, 0.3) is 0 Å². The lowest BCUT2D eigenvalue weighted by atomic mass is 10.2. The summed E-state index contributed by atoms with van der Waals surface area (Å²) >= 11 is 7.42. The van der Waals surface area contributed by atoms with Crippen LogP contribution in [0, 0.1) is 18.3 Å². The molecule has 0 fully saturated rings. The van der Waals surface area contributed by atoms with E-state index in [4.69, 9.17) is 11.6 Å². The lowest BCUT2D eigenvalue weighted by Gasteiger charge is -1.92. The molecule has 2 heterocycles. The van der Waals surface area contributed by atoms with E-state index in [1.54, 1.807) is 18.5 Å². The van der Waals surface area contributed by atoms with E-state index in [1.165, 1.54) is 11.3 Å². The predicted octanol–water partition coefficient (Wildman–Crippen LogP) is 4.05. The number of nitriles is 1. The zero-order chi connectivity index (χ0) is 14.1. The van der Waals surface area contributed by atoms with Crippen LogP contribution in [0.2, 0.25) is 5.02 Å². The minimum Gasteiger partial charge on any atom is -0.348 e. The molecule has 1 aromatic carbocycles. The molecular formula is C14H9ClN4S. The summed E-state index contributed by atoms with van der Waals surface area (Å²) in [4.78, 5) is 11.6. The standard InChI is InChI=1S/C14H9ClN4S/c1-8-11(18-7-17-8)4-9(6-16)14-19-12-5-10(15)2-3-13(12)20-14/h2-5,7H,1H3,(H,17,18)/b9-4+. The van der Waals surface area contributed by atoms with Crippen LogP contribution in [-0.2, 0) is 0 Å². The summed E-state index contributed by atoms with van der Waals surface area (Å²) in [5.74, 6) is 0. The number of imidazole rings is 1. The highest BCUT2D eigenvalue weighted by Gasteiger charge is 2.10. The summed E-state index contributed by atoms with van der Waals surface area (Å²) in [5, 5.41) is 10.6. The third kappa shape index (κ3) is 2.31. The van der Waals surface area contributed by atoms with Gasteiger partial charge >= 0.3 is 0 Å². The molecule has 2 aromatic heterocycles. The van der Waals surface area contributed by atoms with E-state index in [-0.39, 0.29) is 0 Å². The molecule has 0 saturated heterocycles. The summed E-state index contributed by atoms with van der Waals surface area (Å²) in [6.45, 7) is 1.91. The molecule has 0 saturated carbocycles. The Morgan fingerprint density at radius 3 is 3.05 bits per heavy atom. The fourth-order valence-electron chi connectivity index (χ4n) is 1.81. The molecule has 0 amide bonds. The molecule has 3 aromatic rings. The Bertz CT molecular complexity index is 854. The lowest BCUT2D eigenvalue weighted by molar-refractivity contribution is 1.25. The summed E-state index contributed by atoms with van der Waals surface area (Å²) in [5.41, 5.74) is 2.97.